The summed E-state index contributed by atoms with van der Waals surface area (Å²) in [6.45, 7) is 11.4. The Morgan fingerprint density at radius 2 is 1.85 bits per heavy atom. The van der Waals surface area contributed by atoms with Crippen LogP contribution < -0.4 is 4.90 Å². The van der Waals surface area contributed by atoms with Gasteiger partial charge in [-0.05, 0) is 43.9 Å². The van der Waals surface area contributed by atoms with Crippen molar-refractivity contribution >= 4 is 23.1 Å². The van der Waals surface area contributed by atoms with Gasteiger partial charge in [0.1, 0.15) is 0 Å². The van der Waals surface area contributed by atoms with Crippen molar-refractivity contribution in [2.75, 3.05) is 11.4 Å². The summed E-state index contributed by atoms with van der Waals surface area (Å²) < 4.78 is 0. The quantitative estimate of drug-likeness (QED) is 0.645. The minimum atomic E-state index is 0.0134. The van der Waals surface area contributed by atoms with Crippen molar-refractivity contribution < 1.29 is 4.79 Å². The first kappa shape index (κ1) is 17.0. The standard InChI is InChI=1S/C17H26ClNO/c1-6-14(7-2)19(11-12(3)4)15-8-9-16(13(5)20)17(18)10-15/h8-10,12,14H,6-7,11H2,1-5H3. The Kier molecular flexibility index (Phi) is 6.54. The molecule has 0 saturated heterocycles. The molecule has 0 spiro atoms. The van der Waals surface area contributed by atoms with Crippen LogP contribution in [0.5, 0.6) is 0 Å². The fraction of sp³-hybridized carbons (Fsp3) is 0.588. The molecule has 1 aromatic carbocycles. The molecule has 0 aromatic heterocycles. The molecule has 0 aliphatic heterocycles. The van der Waals surface area contributed by atoms with Crippen molar-refractivity contribution in [2.24, 2.45) is 5.92 Å². The van der Waals surface area contributed by atoms with Crippen molar-refractivity contribution in [3.8, 4) is 0 Å². The number of halogens is 1. The van der Waals surface area contributed by atoms with Crippen LogP contribution in [0.15, 0.2) is 18.2 Å². The van der Waals surface area contributed by atoms with Gasteiger partial charge < -0.3 is 4.90 Å². The number of ketones is 1. The summed E-state index contributed by atoms with van der Waals surface area (Å²) in [4.78, 5) is 13.9. The lowest BCUT2D eigenvalue weighted by molar-refractivity contribution is 0.101. The number of rotatable bonds is 7. The first-order valence-corrected chi connectivity index (χ1v) is 7.85. The highest BCUT2D eigenvalue weighted by Crippen LogP contribution is 2.27. The SMILES string of the molecule is CCC(CC)N(CC(C)C)c1ccc(C(C)=O)c(Cl)c1. The van der Waals surface area contributed by atoms with Gasteiger partial charge in [0.2, 0.25) is 0 Å². The lowest BCUT2D eigenvalue weighted by atomic mass is 10.0. The highest BCUT2D eigenvalue weighted by atomic mass is 35.5. The summed E-state index contributed by atoms with van der Waals surface area (Å²) >= 11 is 6.25. The van der Waals surface area contributed by atoms with E-state index in [9.17, 15) is 4.79 Å². The van der Waals surface area contributed by atoms with E-state index in [4.69, 9.17) is 11.6 Å². The summed E-state index contributed by atoms with van der Waals surface area (Å²) in [7, 11) is 0. The van der Waals surface area contributed by atoms with E-state index < -0.39 is 0 Å². The molecule has 0 radical (unpaired) electrons. The van der Waals surface area contributed by atoms with E-state index >= 15 is 0 Å². The van der Waals surface area contributed by atoms with Crippen LogP contribution >= 0.6 is 11.6 Å². The lowest BCUT2D eigenvalue weighted by Crippen LogP contribution is -2.37. The number of hydrogen-bond acceptors (Lipinski definition) is 2. The molecule has 1 rings (SSSR count). The Morgan fingerprint density at radius 1 is 1.25 bits per heavy atom. The Balaban J connectivity index is 3.13. The number of carbonyl (C=O) groups excluding carboxylic acids is 1. The molecule has 0 N–H and O–H groups in total. The molecule has 0 fully saturated rings. The minimum Gasteiger partial charge on any atom is -0.368 e. The number of benzene rings is 1. The van der Waals surface area contributed by atoms with E-state index in [1.54, 1.807) is 6.92 Å². The number of anilines is 1. The van der Waals surface area contributed by atoms with Gasteiger partial charge in [0, 0.05) is 23.8 Å². The molecule has 112 valence electrons. The average Bonchev–Trinajstić information content (AvgIpc) is 2.37. The molecule has 3 heteroatoms. The maximum atomic E-state index is 11.5. The Hall–Kier alpha value is -1.02. The minimum absolute atomic E-state index is 0.0134. The second-order valence-electron chi connectivity index (χ2n) is 5.74. The molecule has 0 atom stereocenters. The first-order chi connectivity index (χ1) is 9.40. The number of hydrogen-bond donors (Lipinski definition) is 0. The van der Waals surface area contributed by atoms with E-state index in [0.717, 1.165) is 25.1 Å². The van der Waals surface area contributed by atoms with Gasteiger partial charge in [-0.25, -0.2) is 0 Å². The van der Waals surface area contributed by atoms with Crippen LogP contribution in [-0.4, -0.2) is 18.4 Å². The van der Waals surface area contributed by atoms with Crippen LogP contribution in [-0.2, 0) is 0 Å². The van der Waals surface area contributed by atoms with Crippen molar-refractivity contribution in [3.63, 3.8) is 0 Å². The fourth-order valence-electron chi connectivity index (χ4n) is 2.56. The molecule has 0 aliphatic rings. The van der Waals surface area contributed by atoms with E-state index in [0.29, 0.717) is 22.5 Å². The Morgan fingerprint density at radius 3 is 2.25 bits per heavy atom. The smallest absolute Gasteiger partial charge is 0.161 e. The van der Waals surface area contributed by atoms with Crippen molar-refractivity contribution in [1.29, 1.82) is 0 Å². The zero-order valence-electron chi connectivity index (χ0n) is 13.2. The molecule has 0 aliphatic carbocycles. The molecule has 1 aromatic rings. The predicted octanol–water partition coefficient (Wildman–Crippen LogP) is 5.19. The molecule has 0 saturated carbocycles. The van der Waals surface area contributed by atoms with Crippen LogP contribution in [0.3, 0.4) is 0 Å². The maximum absolute atomic E-state index is 11.5. The third-order valence-corrected chi connectivity index (χ3v) is 3.92. The topological polar surface area (TPSA) is 20.3 Å². The van der Waals surface area contributed by atoms with Gasteiger partial charge in [-0.15, -0.1) is 0 Å². The molecule has 0 unspecified atom stereocenters. The maximum Gasteiger partial charge on any atom is 0.161 e. The zero-order chi connectivity index (χ0) is 15.3. The summed E-state index contributed by atoms with van der Waals surface area (Å²) in [6, 6.07) is 6.30. The van der Waals surface area contributed by atoms with E-state index in [1.807, 2.05) is 18.2 Å². The van der Waals surface area contributed by atoms with E-state index in [1.165, 1.54) is 0 Å². The lowest BCUT2D eigenvalue weighted by Gasteiger charge is -2.34. The van der Waals surface area contributed by atoms with Gasteiger partial charge in [0.15, 0.2) is 5.78 Å². The largest absolute Gasteiger partial charge is 0.368 e. The molecular formula is C17H26ClNO. The van der Waals surface area contributed by atoms with Gasteiger partial charge >= 0.3 is 0 Å². The van der Waals surface area contributed by atoms with Gasteiger partial charge in [0.05, 0.1) is 5.02 Å². The molecule has 0 heterocycles. The first-order valence-electron chi connectivity index (χ1n) is 7.47. The Bertz CT molecular complexity index is 452. The summed E-state index contributed by atoms with van der Waals surface area (Å²) in [5.41, 5.74) is 1.71. The van der Waals surface area contributed by atoms with Gasteiger partial charge in [-0.2, -0.15) is 0 Å². The van der Waals surface area contributed by atoms with E-state index in [2.05, 4.69) is 32.6 Å². The van der Waals surface area contributed by atoms with Gasteiger partial charge in [-0.1, -0.05) is 39.3 Å². The average molecular weight is 296 g/mol. The van der Waals surface area contributed by atoms with Crippen LogP contribution in [0, 0.1) is 5.92 Å². The summed E-state index contributed by atoms with van der Waals surface area (Å²) in [5, 5.41) is 0.551. The van der Waals surface area contributed by atoms with Crippen molar-refractivity contribution in [1.82, 2.24) is 0 Å². The molecular weight excluding hydrogens is 270 g/mol. The van der Waals surface area contributed by atoms with Crippen molar-refractivity contribution in [3.05, 3.63) is 28.8 Å². The summed E-state index contributed by atoms with van der Waals surface area (Å²) in [6.07, 6.45) is 2.21. The summed E-state index contributed by atoms with van der Waals surface area (Å²) in [5.74, 6) is 0.598. The third kappa shape index (κ3) is 4.24. The molecule has 0 amide bonds. The molecule has 2 nitrogen and oxygen atoms in total. The molecule has 0 bridgehead atoms. The Labute approximate surface area is 128 Å². The van der Waals surface area contributed by atoms with Crippen LogP contribution in [0.4, 0.5) is 5.69 Å². The fourth-order valence-corrected chi connectivity index (χ4v) is 2.86. The predicted molar refractivity (Wildman–Crippen MR) is 88.0 cm³/mol. The number of carbonyl (C=O) groups is 1. The van der Waals surface area contributed by atoms with Crippen LogP contribution in [0.1, 0.15) is 57.8 Å². The number of Topliss-reactive ketones (excluding diaryl/α,β-unsaturated/α-hetero) is 1. The van der Waals surface area contributed by atoms with Gasteiger partial charge in [0.25, 0.3) is 0 Å². The zero-order valence-corrected chi connectivity index (χ0v) is 14.0. The number of nitrogens with zero attached hydrogens (tertiary/aromatic N) is 1. The second kappa shape index (κ2) is 7.68. The highest BCUT2D eigenvalue weighted by Gasteiger charge is 2.18. The highest BCUT2D eigenvalue weighted by molar-refractivity contribution is 6.34. The van der Waals surface area contributed by atoms with Crippen molar-refractivity contribution in [2.45, 2.75) is 53.5 Å². The van der Waals surface area contributed by atoms with Crippen LogP contribution in [0.2, 0.25) is 5.02 Å². The second-order valence-corrected chi connectivity index (χ2v) is 6.14. The normalized spacial score (nSPS) is 11.2. The van der Waals surface area contributed by atoms with E-state index in [-0.39, 0.29) is 5.78 Å². The van der Waals surface area contributed by atoms with Gasteiger partial charge in [-0.3, -0.25) is 4.79 Å². The van der Waals surface area contributed by atoms with Crippen LogP contribution in [0.25, 0.3) is 0 Å². The monoisotopic (exact) mass is 295 g/mol. The third-order valence-electron chi connectivity index (χ3n) is 3.61. The molecule has 20 heavy (non-hydrogen) atoms.